The zero-order valence-corrected chi connectivity index (χ0v) is 11.3. The summed E-state index contributed by atoms with van der Waals surface area (Å²) in [6.45, 7) is 17.3. The third kappa shape index (κ3) is 4.99. The highest BCUT2D eigenvalue weighted by molar-refractivity contribution is 4.86. The first kappa shape index (κ1) is 14.0. The normalized spacial score (nSPS) is 13.7. The summed E-state index contributed by atoms with van der Waals surface area (Å²) in [5, 5.41) is 0. The van der Waals surface area contributed by atoms with Gasteiger partial charge in [-0.3, -0.25) is 4.90 Å². The number of unbranched alkanes of at least 4 members (excludes halogenated alkanes) is 2. The molecule has 0 N–H and O–H groups in total. The standard InChI is InChI=1S/C13H29N/c1-8-9-10-11-14(12(2,3)4)13(5,6)7/h8-11H2,1-7H3. The van der Waals surface area contributed by atoms with Crippen LogP contribution < -0.4 is 0 Å². The Balaban J connectivity index is 4.28. The van der Waals surface area contributed by atoms with E-state index in [4.69, 9.17) is 0 Å². The molecule has 0 heterocycles. The molecule has 1 nitrogen and oxygen atoms in total. The fourth-order valence-electron chi connectivity index (χ4n) is 2.20. The molecule has 0 amide bonds. The van der Waals surface area contributed by atoms with E-state index in [9.17, 15) is 0 Å². The second kappa shape index (κ2) is 5.16. The Morgan fingerprint density at radius 1 is 0.786 bits per heavy atom. The first-order valence-corrected chi connectivity index (χ1v) is 5.97. The minimum absolute atomic E-state index is 0.284. The molecular weight excluding hydrogens is 170 g/mol. The summed E-state index contributed by atoms with van der Waals surface area (Å²) >= 11 is 0. The van der Waals surface area contributed by atoms with E-state index in [1.807, 2.05) is 0 Å². The van der Waals surface area contributed by atoms with Gasteiger partial charge < -0.3 is 0 Å². The molecule has 1 heteroatoms. The van der Waals surface area contributed by atoms with Gasteiger partial charge in [0, 0.05) is 11.1 Å². The van der Waals surface area contributed by atoms with Gasteiger partial charge in [-0.1, -0.05) is 19.8 Å². The number of hydrogen-bond acceptors (Lipinski definition) is 1. The largest absolute Gasteiger partial charge is 0.294 e. The molecule has 0 aromatic heterocycles. The highest BCUT2D eigenvalue weighted by Gasteiger charge is 2.30. The molecule has 0 aromatic rings. The molecule has 0 rings (SSSR count). The van der Waals surface area contributed by atoms with Crippen molar-refractivity contribution in [2.24, 2.45) is 0 Å². The van der Waals surface area contributed by atoms with Crippen LogP contribution in [0.15, 0.2) is 0 Å². The van der Waals surface area contributed by atoms with Crippen molar-refractivity contribution < 1.29 is 0 Å². The van der Waals surface area contributed by atoms with Crippen LogP contribution in [0.1, 0.15) is 67.7 Å². The van der Waals surface area contributed by atoms with Crippen LogP contribution in [0, 0.1) is 0 Å². The van der Waals surface area contributed by atoms with Crippen molar-refractivity contribution in [1.29, 1.82) is 0 Å². The highest BCUT2D eigenvalue weighted by Crippen LogP contribution is 2.25. The van der Waals surface area contributed by atoms with Crippen LogP contribution in [-0.4, -0.2) is 22.5 Å². The molecule has 0 atom stereocenters. The third-order valence-electron chi connectivity index (χ3n) is 2.60. The first-order valence-electron chi connectivity index (χ1n) is 5.97. The quantitative estimate of drug-likeness (QED) is 0.617. The Kier molecular flexibility index (Phi) is 5.14. The van der Waals surface area contributed by atoms with Crippen molar-refractivity contribution in [1.82, 2.24) is 4.90 Å². The Labute approximate surface area is 90.9 Å². The van der Waals surface area contributed by atoms with Gasteiger partial charge in [0.2, 0.25) is 0 Å². The lowest BCUT2D eigenvalue weighted by Crippen LogP contribution is -2.52. The van der Waals surface area contributed by atoms with Crippen LogP contribution in [-0.2, 0) is 0 Å². The zero-order valence-electron chi connectivity index (χ0n) is 11.3. The lowest BCUT2D eigenvalue weighted by Gasteiger charge is -2.45. The van der Waals surface area contributed by atoms with Gasteiger partial charge in [-0.05, 0) is 54.5 Å². The van der Waals surface area contributed by atoms with Crippen LogP contribution in [0.2, 0.25) is 0 Å². The number of nitrogens with zero attached hydrogens (tertiary/aromatic N) is 1. The van der Waals surface area contributed by atoms with E-state index in [-0.39, 0.29) is 11.1 Å². The van der Waals surface area contributed by atoms with Crippen LogP contribution in [0.4, 0.5) is 0 Å². The van der Waals surface area contributed by atoms with Gasteiger partial charge in [0.05, 0.1) is 0 Å². The maximum atomic E-state index is 2.61. The Hall–Kier alpha value is -0.0400. The Bertz CT molecular complexity index is 134. The predicted molar refractivity (Wildman–Crippen MR) is 65.7 cm³/mol. The summed E-state index contributed by atoms with van der Waals surface area (Å²) in [5.41, 5.74) is 0.567. The van der Waals surface area contributed by atoms with Gasteiger partial charge in [0.1, 0.15) is 0 Å². The SMILES string of the molecule is CCCCCN(C(C)(C)C)C(C)(C)C. The summed E-state index contributed by atoms with van der Waals surface area (Å²) in [7, 11) is 0. The predicted octanol–water partition coefficient (Wildman–Crippen LogP) is 4.08. The molecule has 0 saturated carbocycles. The van der Waals surface area contributed by atoms with E-state index in [2.05, 4.69) is 53.4 Å². The lowest BCUT2D eigenvalue weighted by molar-refractivity contribution is 0.0368. The molecule has 0 bridgehead atoms. The minimum atomic E-state index is 0.284. The van der Waals surface area contributed by atoms with Crippen LogP contribution in [0.3, 0.4) is 0 Å². The summed E-state index contributed by atoms with van der Waals surface area (Å²) in [5.74, 6) is 0. The summed E-state index contributed by atoms with van der Waals surface area (Å²) in [6, 6.07) is 0. The van der Waals surface area contributed by atoms with Crippen molar-refractivity contribution in [3.8, 4) is 0 Å². The number of hydrogen-bond donors (Lipinski definition) is 0. The van der Waals surface area contributed by atoms with Crippen molar-refractivity contribution in [2.75, 3.05) is 6.54 Å². The molecule has 0 unspecified atom stereocenters. The smallest absolute Gasteiger partial charge is 0.0130 e. The zero-order chi connectivity index (χ0) is 11.4. The summed E-state index contributed by atoms with van der Waals surface area (Å²) in [6.07, 6.45) is 3.98. The number of rotatable bonds is 4. The maximum absolute atomic E-state index is 2.61. The van der Waals surface area contributed by atoms with E-state index in [1.54, 1.807) is 0 Å². The first-order chi connectivity index (χ1) is 6.19. The second-order valence-electron chi connectivity index (χ2n) is 6.20. The molecule has 0 radical (unpaired) electrons. The van der Waals surface area contributed by atoms with Crippen LogP contribution in [0.5, 0.6) is 0 Å². The van der Waals surface area contributed by atoms with Gasteiger partial charge in [0.25, 0.3) is 0 Å². The fourth-order valence-corrected chi connectivity index (χ4v) is 2.20. The van der Waals surface area contributed by atoms with E-state index in [0.717, 1.165) is 0 Å². The van der Waals surface area contributed by atoms with Crippen LogP contribution >= 0.6 is 0 Å². The van der Waals surface area contributed by atoms with E-state index < -0.39 is 0 Å². The van der Waals surface area contributed by atoms with Gasteiger partial charge in [-0.25, -0.2) is 0 Å². The monoisotopic (exact) mass is 199 g/mol. The van der Waals surface area contributed by atoms with Crippen molar-refractivity contribution >= 4 is 0 Å². The maximum Gasteiger partial charge on any atom is 0.0130 e. The van der Waals surface area contributed by atoms with Gasteiger partial charge >= 0.3 is 0 Å². The molecule has 86 valence electrons. The van der Waals surface area contributed by atoms with Crippen molar-refractivity contribution in [2.45, 2.75) is 78.8 Å². The van der Waals surface area contributed by atoms with E-state index in [1.165, 1.54) is 25.8 Å². The fraction of sp³-hybridized carbons (Fsp3) is 1.00. The van der Waals surface area contributed by atoms with E-state index >= 15 is 0 Å². The Morgan fingerprint density at radius 2 is 1.21 bits per heavy atom. The Morgan fingerprint density at radius 3 is 1.50 bits per heavy atom. The van der Waals surface area contributed by atoms with Gasteiger partial charge in [-0.2, -0.15) is 0 Å². The molecule has 0 spiro atoms. The second-order valence-corrected chi connectivity index (χ2v) is 6.20. The average Bonchev–Trinajstić information content (AvgIpc) is 1.92. The molecule has 0 aliphatic heterocycles. The minimum Gasteiger partial charge on any atom is -0.294 e. The highest BCUT2D eigenvalue weighted by atomic mass is 15.2. The summed E-state index contributed by atoms with van der Waals surface area (Å²) < 4.78 is 0. The molecular formula is C13H29N. The third-order valence-corrected chi connectivity index (χ3v) is 2.60. The van der Waals surface area contributed by atoms with Gasteiger partial charge in [0.15, 0.2) is 0 Å². The molecule has 14 heavy (non-hydrogen) atoms. The topological polar surface area (TPSA) is 3.24 Å². The van der Waals surface area contributed by atoms with Crippen molar-refractivity contribution in [3.05, 3.63) is 0 Å². The van der Waals surface area contributed by atoms with Crippen molar-refractivity contribution in [3.63, 3.8) is 0 Å². The molecule has 0 aliphatic rings. The molecule has 0 aromatic carbocycles. The lowest BCUT2D eigenvalue weighted by atomic mass is 9.95. The molecule has 0 saturated heterocycles. The molecule has 0 aliphatic carbocycles. The summed E-state index contributed by atoms with van der Waals surface area (Å²) in [4.78, 5) is 2.61. The van der Waals surface area contributed by atoms with E-state index in [0.29, 0.717) is 0 Å². The van der Waals surface area contributed by atoms with Crippen LogP contribution in [0.25, 0.3) is 0 Å². The van der Waals surface area contributed by atoms with Gasteiger partial charge in [-0.15, -0.1) is 0 Å². The average molecular weight is 199 g/mol. The molecule has 0 fully saturated rings.